The molecule has 0 aliphatic rings. The van der Waals surface area contributed by atoms with Gasteiger partial charge >= 0.3 is 0 Å². The third-order valence-electron chi connectivity index (χ3n) is 3.33. The monoisotopic (exact) mass is 347 g/mol. The maximum absolute atomic E-state index is 10.9. The largest absolute Gasteiger partial charge is 0.493 e. The summed E-state index contributed by atoms with van der Waals surface area (Å²) in [7, 11) is -2.54. The lowest BCUT2D eigenvalue weighted by molar-refractivity contribution is 0.284. The van der Waals surface area contributed by atoms with E-state index >= 15 is 0 Å². The van der Waals surface area contributed by atoms with E-state index in [4.69, 9.17) is 14.0 Å². The highest BCUT2D eigenvalue weighted by molar-refractivity contribution is 7.85. The van der Waals surface area contributed by atoms with Gasteiger partial charge in [0.2, 0.25) is 0 Å². The van der Waals surface area contributed by atoms with Crippen LogP contribution in [0.2, 0.25) is 0 Å². The van der Waals surface area contributed by atoms with Gasteiger partial charge in [-0.3, -0.25) is 4.55 Å². The Hall–Kier alpha value is -1.31. The molecule has 0 aliphatic carbocycles. The molecule has 0 saturated heterocycles. The minimum atomic E-state index is -4.04. The van der Waals surface area contributed by atoms with Gasteiger partial charge in [-0.15, -0.1) is 0 Å². The summed E-state index contributed by atoms with van der Waals surface area (Å²) in [6, 6.07) is 4.87. The second kappa shape index (κ2) is 11.3. The van der Waals surface area contributed by atoms with Crippen LogP contribution in [0, 0.1) is 0 Å². The SMILES string of the molecule is CCCCCCCCOc1ccc(CS(=O)(=O)O)cc1OC.N. The van der Waals surface area contributed by atoms with E-state index in [2.05, 4.69) is 6.92 Å². The molecule has 23 heavy (non-hydrogen) atoms. The zero-order chi connectivity index (χ0) is 16.4. The summed E-state index contributed by atoms with van der Waals surface area (Å²) < 4.78 is 41.5. The zero-order valence-corrected chi connectivity index (χ0v) is 14.9. The van der Waals surface area contributed by atoms with Crippen LogP contribution in [0.15, 0.2) is 18.2 Å². The van der Waals surface area contributed by atoms with Gasteiger partial charge in [-0.1, -0.05) is 45.1 Å². The van der Waals surface area contributed by atoms with Crippen LogP contribution in [0.5, 0.6) is 11.5 Å². The molecule has 0 amide bonds. The fraction of sp³-hybridized carbons (Fsp3) is 0.625. The second-order valence-electron chi connectivity index (χ2n) is 5.33. The molecule has 0 atom stereocenters. The lowest BCUT2D eigenvalue weighted by Gasteiger charge is -2.12. The van der Waals surface area contributed by atoms with Gasteiger partial charge in [0.05, 0.1) is 13.7 Å². The fourth-order valence-electron chi connectivity index (χ4n) is 2.20. The van der Waals surface area contributed by atoms with E-state index in [0.717, 1.165) is 12.8 Å². The Balaban J connectivity index is 0.00000484. The van der Waals surface area contributed by atoms with Crippen LogP contribution < -0.4 is 15.6 Å². The predicted molar refractivity (Wildman–Crippen MR) is 92.1 cm³/mol. The number of unbranched alkanes of at least 4 members (excludes halogenated alkanes) is 5. The van der Waals surface area contributed by atoms with Crippen molar-refractivity contribution in [1.82, 2.24) is 6.15 Å². The van der Waals surface area contributed by atoms with Crippen molar-refractivity contribution in [2.45, 2.75) is 51.2 Å². The third-order valence-corrected chi connectivity index (χ3v) is 4.03. The lowest BCUT2D eigenvalue weighted by Crippen LogP contribution is -2.03. The van der Waals surface area contributed by atoms with Crippen LogP contribution in [0.1, 0.15) is 51.0 Å². The Kier molecular flexibility index (Phi) is 10.6. The van der Waals surface area contributed by atoms with E-state index in [1.165, 1.54) is 32.8 Å². The van der Waals surface area contributed by atoms with Gasteiger partial charge in [0, 0.05) is 0 Å². The topological polar surface area (TPSA) is 108 Å². The van der Waals surface area contributed by atoms with Crippen LogP contribution in [0.25, 0.3) is 0 Å². The van der Waals surface area contributed by atoms with Crippen LogP contribution in [-0.4, -0.2) is 26.7 Å². The Bertz CT molecular complexity index is 545. The molecular formula is C16H29NO5S. The Morgan fingerprint density at radius 1 is 1.04 bits per heavy atom. The van der Waals surface area contributed by atoms with Crippen molar-refractivity contribution in [2.75, 3.05) is 13.7 Å². The Morgan fingerprint density at radius 2 is 1.70 bits per heavy atom. The van der Waals surface area contributed by atoms with E-state index in [1.807, 2.05) is 0 Å². The van der Waals surface area contributed by atoms with Gasteiger partial charge in [-0.2, -0.15) is 8.42 Å². The highest BCUT2D eigenvalue weighted by Crippen LogP contribution is 2.29. The molecule has 0 saturated carbocycles. The summed E-state index contributed by atoms with van der Waals surface area (Å²) in [4.78, 5) is 0. The van der Waals surface area contributed by atoms with Crippen LogP contribution in [-0.2, 0) is 15.9 Å². The maximum atomic E-state index is 10.9. The average molecular weight is 347 g/mol. The quantitative estimate of drug-likeness (QED) is 0.463. The lowest BCUT2D eigenvalue weighted by atomic mass is 10.1. The zero-order valence-electron chi connectivity index (χ0n) is 14.1. The first-order chi connectivity index (χ1) is 10.5. The molecule has 1 rings (SSSR count). The van der Waals surface area contributed by atoms with Gasteiger partial charge in [-0.25, -0.2) is 0 Å². The summed E-state index contributed by atoms with van der Waals surface area (Å²) in [5, 5.41) is 0. The van der Waals surface area contributed by atoms with Crippen LogP contribution >= 0.6 is 0 Å². The van der Waals surface area contributed by atoms with Crippen LogP contribution in [0.3, 0.4) is 0 Å². The smallest absolute Gasteiger partial charge is 0.269 e. The maximum Gasteiger partial charge on any atom is 0.269 e. The second-order valence-corrected chi connectivity index (χ2v) is 6.78. The summed E-state index contributed by atoms with van der Waals surface area (Å²) in [6.07, 6.45) is 7.14. The van der Waals surface area contributed by atoms with E-state index < -0.39 is 15.9 Å². The number of methoxy groups -OCH3 is 1. The number of hydrogen-bond donors (Lipinski definition) is 2. The van der Waals surface area contributed by atoms with Gasteiger partial charge in [0.15, 0.2) is 11.5 Å². The number of ether oxygens (including phenoxy) is 2. The molecule has 1 aromatic carbocycles. The normalized spacial score (nSPS) is 10.9. The average Bonchev–Trinajstić information content (AvgIpc) is 2.45. The summed E-state index contributed by atoms with van der Waals surface area (Å²) in [5.74, 6) is 0.642. The molecule has 134 valence electrons. The molecule has 7 heteroatoms. The first kappa shape index (κ1) is 21.7. The van der Waals surface area contributed by atoms with Crippen molar-refractivity contribution < 1.29 is 22.4 Å². The molecule has 4 N–H and O–H groups in total. The van der Waals surface area contributed by atoms with Crippen molar-refractivity contribution in [3.05, 3.63) is 23.8 Å². The molecule has 0 heterocycles. The fourth-order valence-corrected chi connectivity index (χ4v) is 2.80. The van der Waals surface area contributed by atoms with Gasteiger partial charge in [0.25, 0.3) is 10.1 Å². The number of hydrogen-bond acceptors (Lipinski definition) is 5. The van der Waals surface area contributed by atoms with E-state index in [1.54, 1.807) is 18.2 Å². The molecule has 1 aromatic rings. The minimum Gasteiger partial charge on any atom is -0.493 e. The molecule has 0 aliphatic heterocycles. The molecule has 0 fully saturated rings. The Labute approximate surface area is 139 Å². The van der Waals surface area contributed by atoms with Gasteiger partial charge in [-0.05, 0) is 24.1 Å². The highest BCUT2D eigenvalue weighted by atomic mass is 32.2. The number of benzene rings is 1. The molecule has 0 aromatic heterocycles. The number of rotatable bonds is 11. The molecule has 0 radical (unpaired) electrons. The summed E-state index contributed by atoms with van der Waals surface area (Å²) in [6.45, 7) is 2.81. The summed E-state index contributed by atoms with van der Waals surface area (Å²) >= 11 is 0. The highest BCUT2D eigenvalue weighted by Gasteiger charge is 2.11. The molecular weight excluding hydrogens is 318 g/mol. The third kappa shape index (κ3) is 9.43. The van der Waals surface area contributed by atoms with Gasteiger partial charge in [0.1, 0.15) is 5.75 Å². The molecule has 0 unspecified atom stereocenters. The first-order valence-electron chi connectivity index (χ1n) is 7.71. The van der Waals surface area contributed by atoms with E-state index in [-0.39, 0.29) is 6.15 Å². The van der Waals surface area contributed by atoms with Crippen molar-refractivity contribution in [2.24, 2.45) is 0 Å². The standard InChI is InChI=1S/C16H26O5S.H3N/c1-3-4-5-6-7-8-11-21-15-10-9-14(12-16(15)20-2)13-22(17,18)19;/h9-10,12H,3-8,11,13H2,1-2H3,(H,17,18,19);1H3. The van der Waals surface area contributed by atoms with E-state index in [0.29, 0.717) is 23.7 Å². The minimum absolute atomic E-state index is 0. The summed E-state index contributed by atoms with van der Waals surface area (Å²) in [5.41, 5.74) is 0.464. The predicted octanol–water partition coefficient (Wildman–Crippen LogP) is 3.98. The van der Waals surface area contributed by atoms with Crippen molar-refractivity contribution in [3.8, 4) is 11.5 Å². The van der Waals surface area contributed by atoms with Crippen molar-refractivity contribution in [3.63, 3.8) is 0 Å². The van der Waals surface area contributed by atoms with Crippen molar-refractivity contribution >= 4 is 10.1 Å². The molecule has 6 nitrogen and oxygen atoms in total. The molecule has 0 bridgehead atoms. The molecule has 0 spiro atoms. The van der Waals surface area contributed by atoms with Crippen LogP contribution in [0.4, 0.5) is 0 Å². The van der Waals surface area contributed by atoms with E-state index in [9.17, 15) is 8.42 Å². The van der Waals surface area contributed by atoms with Crippen molar-refractivity contribution in [1.29, 1.82) is 0 Å². The Morgan fingerprint density at radius 3 is 2.30 bits per heavy atom. The van der Waals surface area contributed by atoms with Gasteiger partial charge < -0.3 is 15.6 Å². The first-order valence-corrected chi connectivity index (χ1v) is 9.32.